The first kappa shape index (κ1) is 17.8. The molecular formula is H2AgO3Si. The summed E-state index contributed by atoms with van der Waals surface area (Å²) in [6, 6.07) is 0. The summed E-state index contributed by atoms with van der Waals surface area (Å²) in [5, 5.41) is 0. The van der Waals surface area contributed by atoms with Crippen LogP contribution in [-0.2, 0) is 31.3 Å². The molecule has 1 radical (unpaired) electrons. The molecule has 0 amide bonds. The van der Waals surface area contributed by atoms with Crippen LogP contribution in [0, 0.1) is 0 Å². The van der Waals surface area contributed by atoms with Gasteiger partial charge in [-0.2, -0.15) is 0 Å². The first-order chi connectivity index (χ1) is 1.41. The van der Waals surface area contributed by atoms with Gasteiger partial charge in [-0.05, 0) is 0 Å². The van der Waals surface area contributed by atoms with Crippen molar-refractivity contribution in [3.05, 3.63) is 0 Å². The van der Waals surface area contributed by atoms with Crippen LogP contribution in [0.5, 0.6) is 0 Å². The molecule has 0 aliphatic rings. The Morgan fingerprint density at radius 1 is 1.20 bits per heavy atom. The van der Waals surface area contributed by atoms with Crippen LogP contribution < -0.4 is 0 Å². The predicted molar refractivity (Wildman–Crippen MR) is 10.7 cm³/mol. The summed E-state index contributed by atoms with van der Waals surface area (Å²) in [6.07, 6.45) is 0. The van der Waals surface area contributed by atoms with Crippen molar-refractivity contribution < 1.29 is 36.8 Å². The molecule has 0 aliphatic carbocycles. The van der Waals surface area contributed by atoms with Crippen molar-refractivity contribution in [3.63, 3.8) is 0 Å². The van der Waals surface area contributed by atoms with Crippen LogP contribution in [0.25, 0.3) is 0 Å². The van der Waals surface area contributed by atoms with Crippen LogP contribution >= 0.6 is 0 Å². The molecule has 0 fully saturated rings. The summed E-state index contributed by atoms with van der Waals surface area (Å²) in [7, 11) is -1.42. The summed E-state index contributed by atoms with van der Waals surface area (Å²) in [6.45, 7) is 0. The van der Waals surface area contributed by atoms with Gasteiger partial charge in [0.05, 0.1) is 0 Å². The molecule has 5 heteroatoms. The summed E-state index contributed by atoms with van der Waals surface area (Å²) >= 11 is 0. The second-order valence-corrected chi connectivity index (χ2v) is 0.250. The summed E-state index contributed by atoms with van der Waals surface area (Å²) in [5.41, 5.74) is 0. The van der Waals surface area contributed by atoms with E-state index in [2.05, 4.69) is 0 Å². The van der Waals surface area contributed by atoms with E-state index in [1.54, 1.807) is 0 Å². The third-order valence-electron chi connectivity index (χ3n) is 0. The van der Waals surface area contributed by atoms with Crippen LogP contribution in [0.15, 0.2) is 0 Å². The van der Waals surface area contributed by atoms with E-state index >= 15 is 0 Å². The maximum absolute atomic E-state index is 8.40. The Labute approximate surface area is 46.5 Å². The van der Waals surface area contributed by atoms with Gasteiger partial charge in [0, 0.05) is 22.4 Å². The molecule has 0 aromatic rings. The molecule has 0 heterocycles. The van der Waals surface area contributed by atoms with Gasteiger partial charge in [-0.25, -0.2) is 0 Å². The normalized spacial score (nSPS) is 1.60. The van der Waals surface area contributed by atoms with E-state index in [9.17, 15) is 0 Å². The van der Waals surface area contributed by atoms with Gasteiger partial charge in [0.1, 0.15) is 0 Å². The molecule has 0 saturated heterocycles. The zero-order valence-electron chi connectivity index (χ0n) is 2.12. The van der Waals surface area contributed by atoms with Crippen molar-refractivity contribution in [1.29, 1.82) is 0 Å². The fourth-order valence-electron chi connectivity index (χ4n) is 0. The Hall–Kier alpha value is 0.517. The van der Waals surface area contributed by atoms with Crippen molar-refractivity contribution in [2.75, 3.05) is 0 Å². The third-order valence-corrected chi connectivity index (χ3v) is 0. The Kier molecular flexibility index (Phi) is 86.3. The molecule has 0 atom stereocenters. The van der Waals surface area contributed by atoms with Gasteiger partial charge in [0.2, 0.25) is 0 Å². The average Bonchev–Trinajstić information content (AvgIpc) is 0.918. The smallest absolute Gasteiger partial charge is 0.412 e. The van der Waals surface area contributed by atoms with Crippen LogP contribution in [0.3, 0.4) is 0 Å². The molecule has 0 aromatic carbocycles. The number of hydrogen-bond donors (Lipinski definition) is 0. The summed E-state index contributed by atoms with van der Waals surface area (Å²) in [4.78, 5) is 0. The van der Waals surface area contributed by atoms with E-state index in [4.69, 9.17) is 8.92 Å². The molecular weight excluding hydrogens is 184 g/mol. The SMILES string of the molecule is O.O=[Si]=O.[Ag]. The van der Waals surface area contributed by atoms with Gasteiger partial charge in [-0.3, -0.25) is 8.92 Å². The van der Waals surface area contributed by atoms with Crippen molar-refractivity contribution in [2.24, 2.45) is 0 Å². The minimum Gasteiger partial charge on any atom is -0.412 e. The fourth-order valence-corrected chi connectivity index (χ4v) is 0. The molecule has 0 saturated carbocycles. The van der Waals surface area contributed by atoms with Crippen LogP contribution in [-0.4, -0.2) is 14.8 Å². The molecule has 5 heavy (non-hydrogen) atoms. The molecule has 2 N–H and O–H groups in total. The molecule has 35 valence electrons. The zero-order chi connectivity index (χ0) is 2.71. The topological polar surface area (TPSA) is 65.6 Å². The number of hydrogen-bond acceptors (Lipinski definition) is 2. The average molecular weight is 186 g/mol. The molecule has 0 unspecified atom stereocenters. The molecule has 0 rings (SSSR count). The fraction of sp³-hybridized carbons (Fsp3) is 0. The van der Waals surface area contributed by atoms with Crippen molar-refractivity contribution in [3.8, 4) is 0 Å². The van der Waals surface area contributed by atoms with Gasteiger partial charge < -0.3 is 5.48 Å². The Balaban J connectivity index is -0.0000000200. The molecule has 0 aromatic heterocycles. The standard InChI is InChI=1S/Ag.O2Si.H2O/c;1-3-2;/h;;1H2. The Bertz CT molecular complexity index is 27.9. The van der Waals surface area contributed by atoms with Gasteiger partial charge in [-0.1, -0.05) is 0 Å². The van der Waals surface area contributed by atoms with Gasteiger partial charge in [0.25, 0.3) is 0 Å². The minimum absolute atomic E-state index is 0. The van der Waals surface area contributed by atoms with Crippen LogP contribution in [0.1, 0.15) is 0 Å². The summed E-state index contributed by atoms with van der Waals surface area (Å²) < 4.78 is 16.8. The van der Waals surface area contributed by atoms with Crippen molar-refractivity contribution in [2.45, 2.75) is 0 Å². The second kappa shape index (κ2) is 24.3. The van der Waals surface area contributed by atoms with Gasteiger partial charge in [-0.15, -0.1) is 0 Å². The Morgan fingerprint density at radius 3 is 1.20 bits per heavy atom. The van der Waals surface area contributed by atoms with Crippen molar-refractivity contribution >= 4 is 9.29 Å². The van der Waals surface area contributed by atoms with E-state index in [1.807, 2.05) is 0 Å². The maximum Gasteiger partial charge on any atom is 0.549 e. The first-order valence-electron chi connectivity index (χ1n) is 0.408. The van der Waals surface area contributed by atoms with Gasteiger partial charge >= 0.3 is 9.29 Å². The molecule has 0 spiro atoms. The molecule has 3 nitrogen and oxygen atoms in total. The monoisotopic (exact) mass is 185 g/mol. The van der Waals surface area contributed by atoms with E-state index < -0.39 is 9.29 Å². The third kappa shape index (κ3) is 107. The maximum atomic E-state index is 8.40. The largest absolute Gasteiger partial charge is 0.549 e. The van der Waals surface area contributed by atoms with E-state index in [-0.39, 0.29) is 27.9 Å². The van der Waals surface area contributed by atoms with Crippen LogP contribution in [0.2, 0.25) is 0 Å². The minimum atomic E-state index is -1.42. The second-order valence-electron chi connectivity index (χ2n) is 0.0833. The van der Waals surface area contributed by atoms with E-state index in [0.29, 0.717) is 0 Å². The van der Waals surface area contributed by atoms with Gasteiger partial charge in [0.15, 0.2) is 0 Å². The quantitative estimate of drug-likeness (QED) is 0.434. The van der Waals surface area contributed by atoms with Crippen LogP contribution in [0.4, 0.5) is 0 Å². The summed E-state index contributed by atoms with van der Waals surface area (Å²) in [5.74, 6) is 0. The number of rotatable bonds is 0. The Morgan fingerprint density at radius 2 is 1.20 bits per heavy atom. The first-order valence-corrected chi connectivity index (χ1v) is 1.22. The predicted octanol–water partition coefficient (Wildman–Crippen LogP) is -1.45. The van der Waals surface area contributed by atoms with E-state index in [1.165, 1.54) is 0 Å². The molecule has 0 aliphatic heterocycles. The molecule has 0 bridgehead atoms. The van der Waals surface area contributed by atoms with Crippen molar-refractivity contribution in [1.82, 2.24) is 0 Å². The van der Waals surface area contributed by atoms with E-state index in [0.717, 1.165) is 0 Å². The zero-order valence-corrected chi connectivity index (χ0v) is 4.60.